The second kappa shape index (κ2) is 7.63. The fourth-order valence-electron chi connectivity index (χ4n) is 2.69. The minimum atomic E-state index is -4.19. The first-order valence-corrected chi connectivity index (χ1v) is 10.4. The molecule has 0 atom stereocenters. The van der Waals surface area contributed by atoms with E-state index in [1.165, 1.54) is 18.2 Å². The lowest BCUT2D eigenvalue weighted by Gasteiger charge is -2.20. The summed E-state index contributed by atoms with van der Waals surface area (Å²) in [7, 11) is -4.19. The van der Waals surface area contributed by atoms with Gasteiger partial charge in [-0.1, -0.05) is 57.2 Å². The highest BCUT2D eigenvalue weighted by Crippen LogP contribution is 2.27. The number of nitrogens with one attached hydrogen (secondary N) is 1. The maximum Gasteiger partial charge on any atom is 0.281 e. The molecule has 0 spiro atoms. The predicted octanol–water partition coefficient (Wildman–Crippen LogP) is 3.14. The zero-order chi connectivity index (χ0) is 21.2. The quantitative estimate of drug-likeness (QED) is 0.683. The lowest BCUT2D eigenvalue weighted by molar-refractivity contribution is 0.0981. The predicted molar refractivity (Wildman–Crippen MR) is 112 cm³/mol. The number of hydrogen-bond acceptors (Lipinski definition) is 6. The van der Waals surface area contributed by atoms with E-state index in [4.69, 9.17) is 5.73 Å². The Labute approximate surface area is 170 Å². The molecule has 0 saturated carbocycles. The number of sulfonamides is 1. The molecular formula is C21H22N4O3S. The number of nitrogen functional groups attached to an aromatic ring is 1. The van der Waals surface area contributed by atoms with Crippen molar-refractivity contribution in [3.63, 3.8) is 0 Å². The molecule has 29 heavy (non-hydrogen) atoms. The highest BCUT2D eigenvalue weighted by Gasteiger charge is 2.25. The Morgan fingerprint density at radius 1 is 0.931 bits per heavy atom. The first-order chi connectivity index (χ1) is 13.6. The average molecular weight is 410 g/mol. The lowest BCUT2D eigenvalue weighted by atomic mass is 9.90. The van der Waals surface area contributed by atoms with Gasteiger partial charge in [0.05, 0.1) is 11.3 Å². The van der Waals surface area contributed by atoms with E-state index in [2.05, 4.69) is 14.7 Å². The Morgan fingerprint density at radius 3 is 2.24 bits per heavy atom. The van der Waals surface area contributed by atoms with Crippen molar-refractivity contribution in [3.05, 3.63) is 71.9 Å². The van der Waals surface area contributed by atoms with Crippen LogP contribution in [0.2, 0.25) is 0 Å². The Bertz CT molecular complexity index is 1150. The molecule has 0 saturated heterocycles. The molecule has 8 heteroatoms. The van der Waals surface area contributed by atoms with Crippen molar-refractivity contribution < 1.29 is 13.2 Å². The number of carbonyl (C=O) groups is 1. The third kappa shape index (κ3) is 4.60. The van der Waals surface area contributed by atoms with E-state index in [9.17, 15) is 13.2 Å². The number of aromatic nitrogens is 2. The van der Waals surface area contributed by atoms with Gasteiger partial charge in [-0.2, -0.15) is 8.42 Å². The molecule has 1 amide bonds. The standard InChI is InChI=1S/C21H22N4O3S/c1-21(2,3)16-13-12-15(19(23-16)14-8-5-4-6-9-14)20(26)25-29(27,28)18-11-7-10-17(22)24-18/h4-13H,1-3H3,(H2,22,24)(H,25,26). The largest absolute Gasteiger partial charge is 0.384 e. The van der Waals surface area contributed by atoms with E-state index in [1.807, 2.05) is 51.1 Å². The maximum absolute atomic E-state index is 12.9. The molecule has 0 fully saturated rings. The summed E-state index contributed by atoms with van der Waals surface area (Å²) in [6.45, 7) is 6.04. The minimum Gasteiger partial charge on any atom is -0.384 e. The molecule has 0 bridgehead atoms. The Hall–Kier alpha value is -3.26. The molecule has 0 unspecified atom stereocenters. The van der Waals surface area contributed by atoms with Gasteiger partial charge in [-0.05, 0) is 24.3 Å². The second-order valence-electron chi connectivity index (χ2n) is 7.54. The summed E-state index contributed by atoms with van der Waals surface area (Å²) >= 11 is 0. The molecule has 2 heterocycles. The summed E-state index contributed by atoms with van der Waals surface area (Å²) in [5.41, 5.74) is 7.37. The van der Waals surface area contributed by atoms with Crippen LogP contribution in [0.3, 0.4) is 0 Å². The maximum atomic E-state index is 12.9. The van der Waals surface area contributed by atoms with Crippen LogP contribution in [0.25, 0.3) is 11.3 Å². The van der Waals surface area contributed by atoms with Crippen LogP contribution in [0, 0.1) is 0 Å². The number of anilines is 1. The van der Waals surface area contributed by atoms with Gasteiger partial charge in [-0.3, -0.25) is 9.78 Å². The molecule has 0 aliphatic carbocycles. The monoisotopic (exact) mass is 410 g/mol. The van der Waals surface area contributed by atoms with Gasteiger partial charge < -0.3 is 5.73 Å². The number of rotatable bonds is 4. The normalized spacial score (nSPS) is 11.8. The lowest BCUT2D eigenvalue weighted by Crippen LogP contribution is -2.32. The van der Waals surface area contributed by atoms with E-state index in [0.29, 0.717) is 11.3 Å². The van der Waals surface area contributed by atoms with Gasteiger partial charge in [0.2, 0.25) is 0 Å². The molecule has 1 aromatic carbocycles. The molecule has 0 aliphatic rings. The zero-order valence-electron chi connectivity index (χ0n) is 16.4. The molecule has 150 valence electrons. The SMILES string of the molecule is CC(C)(C)c1ccc(C(=O)NS(=O)(=O)c2cccc(N)n2)c(-c2ccccc2)n1. The fourth-order valence-corrected chi connectivity index (χ4v) is 3.63. The van der Waals surface area contributed by atoms with Crippen molar-refractivity contribution in [1.82, 2.24) is 14.7 Å². The van der Waals surface area contributed by atoms with Gasteiger partial charge in [0.25, 0.3) is 15.9 Å². The Balaban J connectivity index is 2.04. The summed E-state index contributed by atoms with van der Waals surface area (Å²) in [4.78, 5) is 21.3. The molecule has 7 nitrogen and oxygen atoms in total. The number of hydrogen-bond donors (Lipinski definition) is 2. The van der Waals surface area contributed by atoms with Crippen LogP contribution in [0.4, 0.5) is 5.82 Å². The van der Waals surface area contributed by atoms with Crippen molar-refractivity contribution >= 4 is 21.7 Å². The van der Waals surface area contributed by atoms with Crippen LogP contribution in [-0.2, 0) is 15.4 Å². The van der Waals surface area contributed by atoms with E-state index < -0.39 is 15.9 Å². The number of nitrogens with zero attached hydrogens (tertiary/aromatic N) is 2. The van der Waals surface area contributed by atoms with E-state index in [-0.39, 0.29) is 21.8 Å². The van der Waals surface area contributed by atoms with Gasteiger partial charge in [0, 0.05) is 16.7 Å². The van der Waals surface area contributed by atoms with E-state index in [1.54, 1.807) is 12.1 Å². The Morgan fingerprint density at radius 2 is 1.62 bits per heavy atom. The minimum absolute atomic E-state index is 0.0431. The molecule has 2 aromatic heterocycles. The van der Waals surface area contributed by atoms with Gasteiger partial charge in [0.15, 0.2) is 5.03 Å². The second-order valence-corrected chi connectivity index (χ2v) is 9.17. The van der Waals surface area contributed by atoms with Crippen LogP contribution in [-0.4, -0.2) is 24.3 Å². The van der Waals surface area contributed by atoms with Crippen LogP contribution in [0.5, 0.6) is 0 Å². The van der Waals surface area contributed by atoms with Crippen molar-refractivity contribution in [2.24, 2.45) is 0 Å². The van der Waals surface area contributed by atoms with Gasteiger partial charge in [-0.25, -0.2) is 9.71 Å². The third-order valence-corrected chi connectivity index (χ3v) is 5.44. The topological polar surface area (TPSA) is 115 Å². The number of nitrogens with two attached hydrogens (primary N) is 1. The summed E-state index contributed by atoms with van der Waals surface area (Å²) in [6.07, 6.45) is 0. The molecule has 3 aromatic rings. The number of amides is 1. The van der Waals surface area contributed by atoms with Crippen LogP contribution >= 0.6 is 0 Å². The van der Waals surface area contributed by atoms with E-state index in [0.717, 1.165) is 5.69 Å². The molecule has 0 aliphatic heterocycles. The summed E-state index contributed by atoms with van der Waals surface area (Å²) in [6, 6.07) is 16.7. The van der Waals surface area contributed by atoms with Crippen LogP contribution in [0.15, 0.2) is 65.7 Å². The van der Waals surface area contributed by atoms with Gasteiger partial charge in [-0.15, -0.1) is 0 Å². The first-order valence-electron chi connectivity index (χ1n) is 8.94. The van der Waals surface area contributed by atoms with Crippen molar-refractivity contribution in [2.45, 2.75) is 31.2 Å². The average Bonchev–Trinajstić information content (AvgIpc) is 2.67. The smallest absolute Gasteiger partial charge is 0.281 e. The van der Waals surface area contributed by atoms with Crippen molar-refractivity contribution in [1.29, 1.82) is 0 Å². The van der Waals surface area contributed by atoms with Gasteiger partial charge in [0.1, 0.15) is 5.82 Å². The van der Waals surface area contributed by atoms with E-state index >= 15 is 0 Å². The number of pyridine rings is 2. The van der Waals surface area contributed by atoms with Crippen LogP contribution < -0.4 is 10.5 Å². The summed E-state index contributed by atoms with van der Waals surface area (Å²) in [5.74, 6) is -0.748. The Kier molecular flexibility index (Phi) is 5.39. The number of benzene rings is 1. The summed E-state index contributed by atoms with van der Waals surface area (Å²) in [5, 5.41) is -0.327. The highest BCUT2D eigenvalue weighted by atomic mass is 32.2. The third-order valence-electron chi connectivity index (χ3n) is 4.20. The number of carbonyl (C=O) groups excluding carboxylic acids is 1. The molecular weight excluding hydrogens is 388 g/mol. The molecule has 3 rings (SSSR count). The highest BCUT2D eigenvalue weighted by molar-refractivity contribution is 7.90. The molecule has 0 radical (unpaired) electrons. The van der Waals surface area contributed by atoms with Crippen LogP contribution in [0.1, 0.15) is 36.8 Å². The van der Waals surface area contributed by atoms with Gasteiger partial charge >= 0.3 is 0 Å². The first kappa shape index (κ1) is 20.5. The van der Waals surface area contributed by atoms with Crippen molar-refractivity contribution in [3.8, 4) is 11.3 Å². The summed E-state index contributed by atoms with van der Waals surface area (Å²) < 4.78 is 27.2. The molecule has 3 N–H and O–H groups in total. The fraction of sp³-hybridized carbons (Fsp3) is 0.190. The zero-order valence-corrected chi connectivity index (χ0v) is 17.2. The van der Waals surface area contributed by atoms with Crippen molar-refractivity contribution in [2.75, 3.05) is 5.73 Å².